The first-order valence-corrected chi connectivity index (χ1v) is 8.67. The standard InChI is InChI=1S/C17H21N3O2S/c1-9(2)22-13-7-5-12(6-8-13)15-14-10(3)19-20-16(14)18-17(21)11(4)23-15/h5-9,11,15H,1-4H3,(H2,18,19,20,21)/t11-,15+/m0/s1. The van der Waals surface area contributed by atoms with Crippen molar-refractivity contribution in [1.82, 2.24) is 10.2 Å². The molecule has 1 aromatic heterocycles. The van der Waals surface area contributed by atoms with Crippen molar-refractivity contribution < 1.29 is 9.53 Å². The second kappa shape index (κ2) is 6.28. The van der Waals surface area contributed by atoms with Gasteiger partial charge in [0.25, 0.3) is 0 Å². The Hall–Kier alpha value is -1.95. The normalized spacial score (nSPS) is 20.8. The van der Waals surface area contributed by atoms with Crippen molar-refractivity contribution in [3.8, 4) is 5.75 Å². The molecule has 1 aliphatic rings. The molecule has 2 N–H and O–H groups in total. The fraction of sp³-hybridized carbons (Fsp3) is 0.412. The van der Waals surface area contributed by atoms with Crippen LogP contribution in [-0.2, 0) is 4.79 Å². The van der Waals surface area contributed by atoms with Crippen molar-refractivity contribution in [2.24, 2.45) is 0 Å². The van der Waals surface area contributed by atoms with Gasteiger partial charge in [0.05, 0.1) is 16.6 Å². The Morgan fingerprint density at radius 2 is 1.96 bits per heavy atom. The second-order valence-corrected chi connectivity index (χ2v) is 7.44. The fourth-order valence-corrected chi connectivity index (χ4v) is 3.97. The zero-order chi connectivity index (χ0) is 16.6. The first-order chi connectivity index (χ1) is 11.0. The van der Waals surface area contributed by atoms with Crippen molar-refractivity contribution in [2.45, 2.75) is 44.3 Å². The zero-order valence-electron chi connectivity index (χ0n) is 13.7. The minimum Gasteiger partial charge on any atom is -0.491 e. The molecule has 2 atom stereocenters. The second-order valence-electron chi connectivity index (χ2n) is 5.99. The summed E-state index contributed by atoms with van der Waals surface area (Å²) in [5.74, 6) is 1.48. The highest BCUT2D eigenvalue weighted by Gasteiger charge is 2.32. The van der Waals surface area contributed by atoms with E-state index in [9.17, 15) is 4.79 Å². The average molecular weight is 331 g/mol. The van der Waals surface area contributed by atoms with Crippen molar-refractivity contribution in [1.29, 1.82) is 0 Å². The predicted molar refractivity (Wildman–Crippen MR) is 93.1 cm³/mol. The Kier molecular flexibility index (Phi) is 4.35. The minimum absolute atomic E-state index is 0.00925. The van der Waals surface area contributed by atoms with Crippen LogP contribution in [0.5, 0.6) is 5.75 Å². The summed E-state index contributed by atoms with van der Waals surface area (Å²) in [6, 6.07) is 8.09. The van der Waals surface area contributed by atoms with E-state index in [0.29, 0.717) is 5.82 Å². The van der Waals surface area contributed by atoms with Gasteiger partial charge in [-0.2, -0.15) is 5.10 Å². The molecule has 2 heterocycles. The van der Waals surface area contributed by atoms with Gasteiger partial charge < -0.3 is 10.1 Å². The summed E-state index contributed by atoms with van der Waals surface area (Å²) >= 11 is 1.64. The van der Waals surface area contributed by atoms with E-state index in [2.05, 4.69) is 27.6 Å². The summed E-state index contributed by atoms with van der Waals surface area (Å²) in [4.78, 5) is 12.1. The van der Waals surface area contributed by atoms with E-state index < -0.39 is 0 Å². The van der Waals surface area contributed by atoms with Gasteiger partial charge in [-0.3, -0.25) is 9.89 Å². The van der Waals surface area contributed by atoms with E-state index in [1.165, 1.54) is 0 Å². The van der Waals surface area contributed by atoms with Crippen LogP contribution < -0.4 is 10.1 Å². The molecule has 0 fully saturated rings. The van der Waals surface area contributed by atoms with Crippen molar-refractivity contribution in [2.75, 3.05) is 5.32 Å². The molecule has 1 amide bonds. The lowest BCUT2D eigenvalue weighted by Gasteiger charge is -2.18. The molecule has 0 spiro atoms. The highest BCUT2D eigenvalue weighted by atomic mass is 32.2. The number of benzene rings is 1. The van der Waals surface area contributed by atoms with Gasteiger partial charge >= 0.3 is 0 Å². The first-order valence-electron chi connectivity index (χ1n) is 7.73. The topological polar surface area (TPSA) is 67.0 Å². The number of amides is 1. The number of nitrogens with zero attached hydrogens (tertiary/aromatic N) is 1. The summed E-state index contributed by atoms with van der Waals surface area (Å²) in [6.45, 7) is 7.93. The van der Waals surface area contributed by atoms with Crippen molar-refractivity contribution in [3.63, 3.8) is 0 Å². The van der Waals surface area contributed by atoms with E-state index in [-0.39, 0.29) is 22.5 Å². The van der Waals surface area contributed by atoms with Crippen molar-refractivity contribution in [3.05, 3.63) is 41.1 Å². The van der Waals surface area contributed by atoms with Crippen LogP contribution in [0.4, 0.5) is 5.82 Å². The van der Waals surface area contributed by atoms with Gasteiger partial charge in [0.2, 0.25) is 5.91 Å². The number of aromatic amines is 1. The maximum absolute atomic E-state index is 12.1. The van der Waals surface area contributed by atoms with Gasteiger partial charge in [-0.05, 0) is 45.4 Å². The molecule has 0 saturated carbocycles. The highest BCUT2D eigenvalue weighted by molar-refractivity contribution is 8.01. The van der Waals surface area contributed by atoms with E-state index in [1.807, 2.05) is 39.8 Å². The average Bonchev–Trinajstić information content (AvgIpc) is 2.79. The lowest BCUT2D eigenvalue weighted by molar-refractivity contribution is -0.115. The summed E-state index contributed by atoms with van der Waals surface area (Å²) in [6.07, 6.45) is 0.151. The number of carbonyl (C=O) groups is 1. The Labute approximate surface area is 140 Å². The van der Waals surface area contributed by atoms with Crippen LogP contribution in [0.1, 0.15) is 42.8 Å². The van der Waals surface area contributed by atoms with Gasteiger partial charge in [0.1, 0.15) is 5.75 Å². The molecule has 0 bridgehead atoms. The van der Waals surface area contributed by atoms with Crippen LogP contribution >= 0.6 is 11.8 Å². The molecule has 5 nitrogen and oxygen atoms in total. The highest BCUT2D eigenvalue weighted by Crippen LogP contribution is 2.44. The van der Waals surface area contributed by atoms with Gasteiger partial charge in [-0.1, -0.05) is 12.1 Å². The van der Waals surface area contributed by atoms with Gasteiger partial charge in [-0.15, -0.1) is 11.8 Å². The molecule has 0 aliphatic carbocycles. The number of thioether (sulfide) groups is 1. The summed E-state index contributed by atoms with van der Waals surface area (Å²) in [5, 5.41) is 10.0. The molecule has 3 rings (SSSR count). The molecular formula is C17H21N3O2S. The lowest BCUT2D eigenvalue weighted by Crippen LogP contribution is -2.21. The third kappa shape index (κ3) is 3.22. The van der Waals surface area contributed by atoms with E-state index in [4.69, 9.17) is 4.74 Å². The molecule has 0 radical (unpaired) electrons. The number of carbonyl (C=O) groups excluding carboxylic acids is 1. The molecule has 23 heavy (non-hydrogen) atoms. The molecule has 122 valence electrons. The molecule has 1 aliphatic heterocycles. The largest absolute Gasteiger partial charge is 0.491 e. The summed E-state index contributed by atoms with van der Waals surface area (Å²) < 4.78 is 5.71. The van der Waals surface area contributed by atoms with Gasteiger partial charge in [-0.25, -0.2) is 0 Å². The fourth-order valence-electron chi connectivity index (χ4n) is 2.64. The maximum atomic E-state index is 12.1. The monoisotopic (exact) mass is 331 g/mol. The molecular weight excluding hydrogens is 310 g/mol. The summed E-state index contributed by atoms with van der Waals surface area (Å²) in [5.41, 5.74) is 3.17. The van der Waals surface area contributed by atoms with Crippen LogP contribution in [0, 0.1) is 6.92 Å². The Bertz CT molecular complexity index is 709. The van der Waals surface area contributed by atoms with E-state index in [1.54, 1.807) is 11.8 Å². The first kappa shape index (κ1) is 15.9. The third-order valence-corrected chi connectivity index (χ3v) is 5.16. The molecule has 1 aromatic carbocycles. The number of fused-ring (bicyclic) bond motifs is 1. The molecule has 6 heteroatoms. The smallest absolute Gasteiger partial charge is 0.238 e. The number of hydrogen-bond donors (Lipinski definition) is 2. The minimum atomic E-state index is -0.139. The van der Waals surface area contributed by atoms with Gasteiger partial charge in [0.15, 0.2) is 5.82 Å². The van der Waals surface area contributed by atoms with Crippen LogP contribution in [0.15, 0.2) is 24.3 Å². The number of hydrogen-bond acceptors (Lipinski definition) is 4. The lowest BCUT2D eigenvalue weighted by atomic mass is 10.0. The quantitative estimate of drug-likeness (QED) is 0.900. The Morgan fingerprint density at radius 1 is 1.26 bits per heavy atom. The summed E-state index contributed by atoms with van der Waals surface area (Å²) in [7, 11) is 0. The number of aryl methyl sites for hydroxylation is 1. The predicted octanol–water partition coefficient (Wildman–Crippen LogP) is 3.67. The zero-order valence-corrected chi connectivity index (χ0v) is 14.5. The van der Waals surface area contributed by atoms with Gasteiger partial charge in [0, 0.05) is 11.3 Å². The SMILES string of the molecule is Cc1[nH]nc2c1[C@@H](c1ccc(OC(C)C)cc1)S[C@@H](C)C(=O)N2. The van der Waals surface area contributed by atoms with E-state index in [0.717, 1.165) is 22.6 Å². The number of anilines is 1. The Morgan fingerprint density at radius 3 is 2.61 bits per heavy atom. The number of rotatable bonds is 3. The molecule has 0 saturated heterocycles. The van der Waals surface area contributed by atoms with Crippen LogP contribution in [-0.4, -0.2) is 27.5 Å². The number of aromatic nitrogens is 2. The number of nitrogens with one attached hydrogen (secondary N) is 2. The molecule has 0 unspecified atom stereocenters. The van der Waals surface area contributed by atoms with E-state index >= 15 is 0 Å². The van der Waals surface area contributed by atoms with Crippen LogP contribution in [0.2, 0.25) is 0 Å². The molecule has 2 aromatic rings. The van der Waals surface area contributed by atoms with Crippen molar-refractivity contribution >= 4 is 23.5 Å². The van der Waals surface area contributed by atoms with Crippen LogP contribution in [0.3, 0.4) is 0 Å². The maximum Gasteiger partial charge on any atom is 0.238 e. The number of H-pyrrole nitrogens is 1. The Balaban J connectivity index is 1.97. The van der Waals surface area contributed by atoms with Crippen LogP contribution in [0.25, 0.3) is 0 Å². The number of ether oxygens (including phenoxy) is 1. The third-order valence-electron chi connectivity index (χ3n) is 3.76.